The topological polar surface area (TPSA) is 178 Å². The molecule has 228 valence electrons. The number of aliphatic hydroxyl groups is 1. The number of carbonyl (C=O) groups excluding carboxylic acids is 4. The van der Waals surface area contributed by atoms with E-state index in [1.54, 1.807) is 26.0 Å². The van der Waals surface area contributed by atoms with Crippen LogP contribution in [-0.4, -0.2) is 76.5 Å². The maximum atomic E-state index is 13.7. The monoisotopic (exact) mass is 581 g/mol. The molecule has 13 nitrogen and oxygen atoms in total. The van der Waals surface area contributed by atoms with Crippen molar-refractivity contribution in [3.05, 3.63) is 23.8 Å². The molecular weight excluding hydrogens is 542 g/mol. The molecule has 3 fully saturated rings. The lowest BCUT2D eigenvalue weighted by atomic mass is 9.46. The van der Waals surface area contributed by atoms with Crippen LogP contribution in [0.3, 0.4) is 0 Å². The summed E-state index contributed by atoms with van der Waals surface area (Å²) in [7, 11) is 0. The number of aliphatic hydroxyl groups excluding tert-OH is 1. The van der Waals surface area contributed by atoms with Crippen LogP contribution in [0, 0.1) is 28.6 Å². The minimum Gasteiger partial charge on any atom is -0.435 e. The van der Waals surface area contributed by atoms with E-state index < -0.39 is 46.2 Å². The normalized spacial score (nSPS) is 35.6. The Kier molecular flexibility index (Phi) is 9.24. The van der Waals surface area contributed by atoms with Gasteiger partial charge in [0.25, 0.3) is 0 Å². The molecule has 0 heterocycles. The van der Waals surface area contributed by atoms with E-state index in [9.17, 15) is 24.3 Å². The van der Waals surface area contributed by atoms with Crippen molar-refractivity contribution in [3.8, 4) is 0 Å². The number of nitrogens with zero attached hydrogens (tertiary/aromatic N) is 1. The zero-order valence-electron chi connectivity index (χ0n) is 23.6. The number of carbonyl (C=O) groups is 4. The van der Waals surface area contributed by atoms with E-state index >= 15 is 0 Å². The molecule has 0 aliphatic heterocycles. The second kappa shape index (κ2) is 12.2. The van der Waals surface area contributed by atoms with E-state index in [-0.39, 0.29) is 62.6 Å². The van der Waals surface area contributed by atoms with Gasteiger partial charge in [-0.1, -0.05) is 25.5 Å². The van der Waals surface area contributed by atoms with Crippen molar-refractivity contribution in [3.63, 3.8) is 0 Å². The second-order valence-electron chi connectivity index (χ2n) is 11.6. The smallest absolute Gasteiger partial charge is 0.435 e. The van der Waals surface area contributed by atoms with E-state index in [2.05, 4.69) is 4.84 Å². The Hall–Kier alpha value is -2.84. The number of esters is 1. The lowest BCUT2D eigenvalue weighted by Gasteiger charge is -2.59. The Morgan fingerprint density at radius 3 is 2.51 bits per heavy atom. The van der Waals surface area contributed by atoms with Crippen LogP contribution in [0.1, 0.15) is 65.7 Å². The summed E-state index contributed by atoms with van der Waals surface area (Å²) in [6.07, 6.45) is 4.43. The van der Waals surface area contributed by atoms with Gasteiger partial charge in [0, 0.05) is 16.7 Å². The van der Waals surface area contributed by atoms with Gasteiger partial charge < -0.3 is 24.1 Å². The van der Waals surface area contributed by atoms with Gasteiger partial charge in [-0.05, 0) is 75.9 Å². The number of hydrogen-bond donors (Lipinski definition) is 3. The Balaban J connectivity index is 1.54. The lowest BCUT2D eigenvalue weighted by Crippen LogP contribution is -2.63. The van der Waals surface area contributed by atoms with Gasteiger partial charge in [-0.2, -0.15) is 0 Å². The molecule has 0 bridgehead atoms. The third kappa shape index (κ3) is 5.78. The molecule has 3 N–H and O–H groups in total. The van der Waals surface area contributed by atoms with Gasteiger partial charge in [0.05, 0.1) is 31.3 Å². The van der Waals surface area contributed by atoms with Gasteiger partial charge >= 0.3 is 18.3 Å². The van der Waals surface area contributed by atoms with Crippen LogP contribution < -0.4 is 0 Å². The van der Waals surface area contributed by atoms with E-state index in [0.717, 1.165) is 5.57 Å². The molecule has 0 aromatic carbocycles. The SMILES string of the molecule is CCOC(=O)O[C@]1(C(=O)OC(=O)OCCCCON(O)O)CC[C@H]2[C@@H]3CCC4=CC(=O)C=C[C@]4(C)[C@H]3[C@@H](O)C[C@@]21C. The molecule has 0 spiro atoms. The highest BCUT2D eigenvalue weighted by atomic mass is 17.1. The molecule has 4 aliphatic rings. The molecule has 0 saturated heterocycles. The number of fused-ring (bicyclic) bond motifs is 5. The zero-order valence-corrected chi connectivity index (χ0v) is 23.6. The molecule has 0 unspecified atom stereocenters. The third-order valence-electron chi connectivity index (χ3n) is 9.61. The summed E-state index contributed by atoms with van der Waals surface area (Å²) in [6.45, 7) is 5.24. The van der Waals surface area contributed by atoms with Gasteiger partial charge in [-0.25, -0.2) is 14.4 Å². The minimum atomic E-state index is -1.90. The second-order valence-corrected chi connectivity index (χ2v) is 11.6. The predicted molar refractivity (Wildman–Crippen MR) is 137 cm³/mol. The molecule has 0 aromatic rings. The fourth-order valence-corrected chi connectivity index (χ4v) is 7.84. The summed E-state index contributed by atoms with van der Waals surface area (Å²) in [5, 5.41) is 28.3. The molecule has 4 rings (SSSR count). The average molecular weight is 582 g/mol. The highest BCUT2D eigenvalue weighted by Crippen LogP contribution is 2.68. The fourth-order valence-electron chi connectivity index (χ4n) is 7.84. The zero-order chi connectivity index (χ0) is 30.0. The third-order valence-corrected chi connectivity index (χ3v) is 9.61. The minimum absolute atomic E-state index is 0.00598. The first kappa shape index (κ1) is 31.1. The first-order valence-electron chi connectivity index (χ1n) is 14.1. The van der Waals surface area contributed by atoms with Crippen molar-refractivity contribution in [2.75, 3.05) is 19.8 Å². The number of unbranched alkanes of at least 4 members (excludes halogenated alkanes) is 1. The quantitative estimate of drug-likeness (QED) is 0.156. The Bertz CT molecular complexity index is 1100. The number of ether oxygens (including phenoxy) is 4. The van der Waals surface area contributed by atoms with Gasteiger partial charge in [-0.3, -0.25) is 20.0 Å². The van der Waals surface area contributed by atoms with Crippen LogP contribution in [0.2, 0.25) is 0 Å². The fraction of sp³-hybridized carbons (Fsp3) is 0.714. The number of ketones is 1. The molecule has 3 saturated carbocycles. The van der Waals surface area contributed by atoms with Gasteiger partial charge in [0.1, 0.15) is 0 Å². The van der Waals surface area contributed by atoms with Crippen LogP contribution in [-0.2, 0) is 33.4 Å². The first-order chi connectivity index (χ1) is 19.4. The Morgan fingerprint density at radius 2 is 1.80 bits per heavy atom. The van der Waals surface area contributed by atoms with Gasteiger partial charge in [0.15, 0.2) is 5.78 Å². The largest absolute Gasteiger partial charge is 0.516 e. The van der Waals surface area contributed by atoms with Crippen LogP contribution in [0.15, 0.2) is 23.8 Å². The van der Waals surface area contributed by atoms with Crippen LogP contribution in [0.4, 0.5) is 9.59 Å². The lowest BCUT2D eigenvalue weighted by molar-refractivity contribution is -0.492. The van der Waals surface area contributed by atoms with Crippen LogP contribution in [0.25, 0.3) is 0 Å². The predicted octanol–water partition coefficient (Wildman–Crippen LogP) is 3.65. The number of rotatable bonds is 9. The molecule has 13 heteroatoms. The standard InChI is InChI=1S/C28H39NO12/c1-4-37-25(34)41-28(23(32)40-24(33)38-13-5-6-14-39-29(35)36)12-10-20-19-8-7-17-15-18(30)9-11-26(17,2)22(19)21(31)16-27(20,28)3/h9,11,15,19-22,31,35-36H,4-8,10,12-14,16H2,1-3H3/t19-,20-,21-,22+,26-,27-,28-/m0/s1. The van der Waals surface area contributed by atoms with Crippen molar-refractivity contribution in [2.24, 2.45) is 28.6 Å². The van der Waals surface area contributed by atoms with Crippen LogP contribution >= 0.6 is 0 Å². The molecule has 0 radical (unpaired) electrons. The Labute approximate surface area is 237 Å². The van der Waals surface area contributed by atoms with Gasteiger partial charge in [-0.15, -0.1) is 0 Å². The average Bonchev–Trinajstić information content (AvgIpc) is 3.18. The van der Waals surface area contributed by atoms with Gasteiger partial charge in [0.2, 0.25) is 5.60 Å². The van der Waals surface area contributed by atoms with Crippen LogP contribution in [0.5, 0.6) is 0 Å². The summed E-state index contributed by atoms with van der Waals surface area (Å²) in [6, 6.07) is 0. The highest BCUT2D eigenvalue weighted by Gasteiger charge is 2.72. The Morgan fingerprint density at radius 1 is 1.07 bits per heavy atom. The van der Waals surface area contributed by atoms with Crippen molar-refractivity contribution in [1.82, 2.24) is 5.39 Å². The summed E-state index contributed by atoms with van der Waals surface area (Å²) in [5.74, 6) is -1.57. The molecule has 0 amide bonds. The summed E-state index contributed by atoms with van der Waals surface area (Å²) in [5.41, 5.74) is -2.52. The number of allylic oxidation sites excluding steroid dienone is 4. The first-order valence-corrected chi connectivity index (χ1v) is 14.1. The maximum absolute atomic E-state index is 13.7. The van der Waals surface area contributed by atoms with E-state index in [4.69, 9.17) is 29.4 Å². The van der Waals surface area contributed by atoms with Crippen molar-refractivity contribution in [1.29, 1.82) is 0 Å². The summed E-state index contributed by atoms with van der Waals surface area (Å²) >= 11 is 0. The van der Waals surface area contributed by atoms with Crippen molar-refractivity contribution >= 4 is 24.1 Å². The molecule has 0 aromatic heterocycles. The van der Waals surface area contributed by atoms with E-state index in [0.29, 0.717) is 25.7 Å². The highest BCUT2D eigenvalue weighted by molar-refractivity contribution is 6.01. The summed E-state index contributed by atoms with van der Waals surface area (Å²) in [4.78, 5) is 55.3. The molecule has 41 heavy (non-hydrogen) atoms. The number of hydrogen-bond acceptors (Lipinski definition) is 13. The summed E-state index contributed by atoms with van der Waals surface area (Å²) < 4.78 is 20.8. The maximum Gasteiger partial charge on any atom is 0.516 e. The molecular formula is C28H39NO12. The molecule has 7 atom stereocenters. The van der Waals surface area contributed by atoms with E-state index in [1.807, 2.05) is 13.0 Å². The van der Waals surface area contributed by atoms with Crippen molar-refractivity contribution in [2.45, 2.75) is 77.4 Å². The van der Waals surface area contributed by atoms with Crippen molar-refractivity contribution < 1.29 is 58.5 Å². The molecule has 4 aliphatic carbocycles. The van der Waals surface area contributed by atoms with E-state index in [1.165, 1.54) is 0 Å².